The van der Waals surface area contributed by atoms with E-state index in [1.54, 1.807) is 16.9 Å². The van der Waals surface area contributed by atoms with Crippen LogP contribution in [0.25, 0.3) is 11.3 Å². The molecule has 0 aromatic carbocycles. The lowest BCUT2D eigenvalue weighted by Gasteiger charge is -2.20. The molecule has 0 N–H and O–H groups in total. The van der Waals surface area contributed by atoms with Crippen molar-refractivity contribution in [2.45, 2.75) is 33.1 Å². The Morgan fingerprint density at radius 1 is 1.04 bits per heavy atom. The molecule has 6 nitrogen and oxygen atoms in total. The summed E-state index contributed by atoms with van der Waals surface area (Å²) in [6.45, 7) is 8.36. The smallest absolute Gasteiger partial charge is 0.222 e. The largest absolute Gasteiger partial charge is 0.437 e. The first kappa shape index (κ1) is 16.1. The van der Waals surface area contributed by atoms with E-state index in [9.17, 15) is 0 Å². The van der Waals surface area contributed by atoms with Crippen LogP contribution in [0.15, 0.2) is 37.1 Å². The molecule has 0 saturated heterocycles. The van der Waals surface area contributed by atoms with E-state index in [2.05, 4.69) is 40.8 Å². The lowest BCUT2D eigenvalue weighted by Crippen LogP contribution is -2.12. The first-order valence-corrected chi connectivity index (χ1v) is 7.79. The number of aromatic nitrogens is 5. The van der Waals surface area contributed by atoms with Crippen LogP contribution in [0.5, 0.6) is 11.6 Å². The minimum atomic E-state index is 0.00531. The SMILES string of the molecule is Cc1ncc(C(C)(C)C)cc1Oc1cc(-c2cnn(C)c2)ncn1. The van der Waals surface area contributed by atoms with E-state index in [4.69, 9.17) is 4.74 Å². The van der Waals surface area contributed by atoms with Crippen molar-refractivity contribution in [3.05, 3.63) is 48.3 Å². The number of nitrogens with zero attached hydrogens (tertiary/aromatic N) is 5. The van der Waals surface area contributed by atoms with Crippen molar-refractivity contribution in [2.75, 3.05) is 0 Å². The van der Waals surface area contributed by atoms with E-state index in [-0.39, 0.29) is 5.41 Å². The predicted molar refractivity (Wildman–Crippen MR) is 92.0 cm³/mol. The Labute approximate surface area is 141 Å². The van der Waals surface area contributed by atoms with Gasteiger partial charge in [0.1, 0.15) is 6.33 Å². The van der Waals surface area contributed by atoms with Gasteiger partial charge in [-0.05, 0) is 24.0 Å². The minimum absolute atomic E-state index is 0.00531. The Bertz CT molecular complexity index is 864. The van der Waals surface area contributed by atoms with Gasteiger partial charge >= 0.3 is 0 Å². The topological polar surface area (TPSA) is 65.7 Å². The molecule has 3 heterocycles. The number of hydrogen-bond acceptors (Lipinski definition) is 5. The summed E-state index contributed by atoms with van der Waals surface area (Å²) < 4.78 is 7.71. The average molecular weight is 323 g/mol. The van der Waals surface area contributed by atoms with Crippen molar-refractivity contribution in [1.29, 1.82) is 0 Å². The number of aryl methyl sites for hydroxylation is 2. The fraction of sp³-hybridized carbons (Fsp3) is 0.333. The number of hydrogen-bond donors (Lipinski definition) is 0. The minimum Gasteiger partial charge on any atom is -0.437 e. The highest BCUT2D eigenvalue weighted by atomic mass is 16.5. The van der Waals surface area contributed by atoms with Gasteiger partial charge in [0.2, 0.25) is 5.88 Å². The summed E-state index contributed by atoms with van der Waals surface area (Å²) >= 11 is 0. The van der Waals surface area contributed by atoms with Crippen LogP contribution >= 0.6 is 0 Å². The molecular weight excluding hydrogens is 302 g/mol. The van der Waals surface area contributed by atoms with Crippen LogP contribution in [0.4, 0.5) is 0 Å². The zero-order chi connectivity index (χ0) is 17.3. The molecule has 0 fully saturated rings. The molecule has 24 heavy (non-hydrogen) atoms. The van der Waals surface area contributed by atoms with E-state index in [0.29, 0.717) is 11.6 Å². The summed E-state index contributed by atoms with van der Waals surface area (Å²) in [5.74, 6) is 1.19. The van der Waals surface area contributed by atoms with Crippen molar-refractivity contribution in [2.24, 2.45) is 7.05 Å². The molecular formula is C18H21N5O. The monoisotopic (exact) mass is 323 g/mol. The highest BCUT2D eigenvalue weighted by Crippen LogP contribution is 2.30. The summed E-state index contributed by atoms with van der Waals surface area (Å²) in [6, 6.07) is 3.83. The molecule has 0 saturated carbocycles. The molecule has 3 aromatic heterocycles. The molecule has 0 radical (unpaired) electrons. The maximum Gasteiger partial charge on any atom is 0.222 e. The highest BCUT2D eigenvalue weighted by Gasteiger charge is 2.17. The van der Waals surface area contributed by atoms with Gasteiger partial charge in [-0.3, -0.25) is 9.67 Å². The predicted octanol–water partition coefficient (Wildman–Crippen LogP) is 3.67. The molecule has 0 aliphatic rings. The Morgan fingerprint density at radius 2 is 1.83 bits per heavy atom. The molecule has 6 heteroatoms. The van der Waals surface area contributed by atoms with Crippen LogP contribution in [0, 0.1) is 6.92 Å². The van der Waals surface area contributed by atoms with Gasteiger partial charge in [0.05, 0.1) is 17.6 Å². The third kappa shape index (κ3) is 3.42. The maximum absolute atomic E-state index is 5.97. The van der Waals surface area contributed by atoms with Gasteiger partial charge < -0.3 is 4.74 Å². The highest BCUT2D eigenvalue weighted by molar-refractivity contribution is 5.57. The summed E-state index contributed by atoms with van der Waals surface area (Å²) in [5, 5.41) is 4.16. The van der Waals surface area contributed by atoms with Crippen molar-refractivity contribution in [3.63, 3.8) is 0 Å². The fourth-order valence-corrected chi connectivity index (χ4v) is 2.25. The normalized spacial score (nSPS) is 11.5. The second kappa shape index (κ2) is 6.03. The van der Waals surface area contributed by atoms with E-state index in [1.807, 2.05) is 32.4 Å². The van der Waals surface area contributed by atoms with Gasteiger partial charge in [0.15, 0.2) is 5.75 Å². The van der Waals surface area contributed by atoms with Gasteiger partial charge in [-0.1, -0.05) is 20.8 Å². The van der Waals surface area contributed by atoms with E-state index < -0.39 is 0 Å². The quantitative estimate of drug-likeness (QED) is 0.736. The summed E-state index contributed by atoms with van der Waals surface area (Å²) in [4.78, 5) is 12.9. The first-order chi connectivity index (χ1) is 11.3. The molecule has 0 atom stereocenters. The van der Waals surface area contributed by atoms with Crippen LogP contribution in [-0.4, -0.2) is 24.7 Å². The zero-order valence-corrected chi connectivity index (χ0v) is 14.6. The third-order valence-electron chi connectivity index (χ3n) is 3.76. The Balaban J connectivity index is 1.92. The molecule has 3 rings (SSSR count). The van der Waals surface area contributed by atoms with Crippen LogP contribution in [0.3, 0.4) is 0 Å². The molecule has 0 amide bonds. The van der Waals surface area contributed by atoms with Crippen LogP contribution in [0.2, 0.25) is 0 Å². The lowest BCUT2D eigenvalue weighted by atomic mass is 9.88. The van der Waals surface area contributed by atoms with Crippen LogP contribution < -0.4 is 4.74 Å². The molecule has 3 aromatic rings. The molecule has 124 valence electrons. The van der Waals surface area contributed by atoms with E-state index >= 15 is 0 Å². The Kier molecular flexibility index (Phi) is 4.05. The third-order valence-corrected chi connectivity index (χ3v) is 3.76. The summed E-state index contributed by atoms with van der Waals surface area (Å²) in [5.41, 5.74) is 3.63. The second-order valence-corrected chi connectivity index (χ2v) is 6.80. The van der Waals surface area contributed by atoms with E-state index in [0.717, 1.165) is 22.5 Å². The van der Waals surface area contributed by atoms with Gasteiger partial charge in [0.25, 0.3) is 0 Å². The second-order valence-electron chi connectivity index (χ2n) is 6.80. The van der Waals surface area contributed by atoms with Gasteiger partial charge in [-0.25, -0.2) is 9.97 Å². The molecule has 0 aliphatic heterocycles. The Hall–Kier alpha value is -2.76. The van der Waals surface area contributed by atoms with Crippen LogP contribution in [0.1, 0.15) is 32.0 Å². The standard InChI is InChI=1S/C18H21N5O/c1-12-16(6-14(9-19-12)18(2,3)4)24-17-7-15(20-11-21-17)13-8-22-23(5)10-13/h6-11H,1-5H3. The average Bonchev–Trinajstić information content (AvgIpc) is 2.95. The number of ether oxygens (including phenoxy) is 1. The zero-order valence-electron chi connectivity index (χ0n) is 14.6. The van der Waals surface area contributed by atoms with Crippen molar-refractivity contribution in [1.82, 2.24) is 24.7 Å². The fourth-order valence-electron chi connectivity index (χ4n) is 2.25. The Morgan fingerprint density at radius 3 is 2.50 bits per heavy atom. The molecule has 0 aliphatic carbocycles. The van der Waals surface area contributed by atoms with Gasteiger partial charge in [-0.15, -0.1) is 0 Å². The van der Waals surface area contributed by atoms with Gasteiger partial charge in [-0.2, -0.15) is 5.10 Å². The van der Waals surface area contributed by atoms with Gasteiger partial charge in [0, 0.05) is 31.1 Å². The molecule has 0 unspecified atom stereocenters. The summed E-state index contributed by atoms with van der Waals surface area (Å²) in [7, 11) is 1.87. The number of rotatable bonds is 3. The summed E-state index contributed by atoms with van der Waals surface area (Å²) in [6.07, 6.45) is 7.05. The molecule has 0 spiro atoms. The first-order valence-electron chi connectivity index (χ1n) is 7.79. The maximum atomic E-state index is 5.97. The van der Waals surface area contributed by atoms with Crippen molar-refractivity contribution >= 4 is 0 Å². The van der Waals surface area contributed by atoms with Crippen molar-refractivity contribution < 1.29 is 4.74 Å². The van der Waals surface area contributed by atoms with Crippen LogP contribution in [-0.2, 0) is 12.5 Å². The van der Waals surface area contributed by atoms with E-state index in [1.165, 1.54) is 6.33 Å². The van der Waals surface area contributed by atoms with Crippen molar-refractivity contribution in [3.8, 4) is 22.9 Å². The molecule has 0 bridgehead atoms. The lowest BCUT2D eigenvalue weighted by molar-refractivity contribution is 0.451. The number of pyridine rings is 1.